The van der Waals surface area contributed by atoms with Gasteiger partial charge in [0.05, 0.1) is 30.9 Å². The molecule has 0 bridgehead atoms. The molecule has 0 unspecified atom stereocenters. The number of piperidine rings is 1. The molecule has 2 heterocycles. The van der Waals surface area contributed by atoms with Gasteiger partial charge in [0.1, 0.15) is 11.6 Å². The molecule has 4 rings (SSSR count). The Morgan fingerprint density at radius 1 is 1.22 bits per heavy atom. The molecule has 0 radical (unpaired) electrons. The molecule has 1 saturated heterocycles. The second-order valence-corrected chi connectivity index (χ2v) is 8.10. The van der Waals surface area contributed by atoms with Gasteiger partial charge in [-0.15, -0.1) is 0 Å². The first-order valence-electron chi connectivity index (χ1n) is 11.0. The molecule has 0 saturated carbocycles. The van der Waals surface area contributed by atoms with E-state index in [1.54, 1.807) is 25.6 Å². The van der Waals surface area contributed by atoms with Crippen molar-refractivity contribution in [2.24, 2.45) is 0 Å². The lowest BCUT2D eigenvalue weighted by Crippen LogP contribution is -2.39. The van der Waals surface area contributed by atoms with Crippen molar-refractivity contribution in [3.63, 3.8) is 0 Å². The first-order valence-corrected chi connectivity index (χ1v) is 11.0. The highest BCUT2D eigenvalue weighted by atomic mass is 19.1. The number of amides is 1. The fraction of sp³-hybridized carbons (Fsp3) is 0.308. The van der Waals surface area contributed by atoms with Gasteiger partial charge in [0.2, 0.25) is 5.91 Å². The molecule has 0 N–H and O–H groups in total. The second kappa shape index (κ2) is 9.39. The molecule has 1 atom stereocenters. The summed E-state index contributed by atoms with van der Waals surface area (Å²) in [7, 11) is 1.64. The second-order valence-electron chi connectivity index (χ2n) is 8.10. The Bertz CT molecular complexity index is 1130. The summed E-state index contributed by atoms with van der Waals surface area (Å²) in [6.07, 6.45) is 8.07. The van der Waals surface area contributed by atoms with Gasteiger partial charge in [0.25, 0.3) is 0 Å². The third kappa shape index (κ3) is 4.44. The number of likely N-dealkylation sites (tertiary alicyclic amines) is 1. The molecular weight excluding hydrogens is 405 g/mol. The standard InChI is InChI=1S/C26H28FN3O2/c1-4-23(20-8-10-22(27)11-9-20)30-13-5-6-21(26(30)31)14-19-7-12-24(25(15-19)32-3)29-16-18(2)28-17-29/h7-12,14-17,23H,4-6,13H2,1-3H3/t23-/m0/s1. The SMILES string of the molecule is CC[C@@H](c1ccc(F)cc1)N1CCCC(=Cc2ccc(-n3cnc(C)c3)c(OC)c2)C1=O. The topological polar surface area (TPSA) is 47.4 Å². The predicted octanol–water partition coefficient (Wildman–Crippen LogP) is 5.49. The Hall–Kier alpha value is -3.41. The highest BCUT2D eigenvalue weighted by molar-refractivity contribution is 5.98. The van der Waals surface area contributed by atoms with Crippen molar-refractivity contribution >= 4 is 12.0 Å². The van der Waals surface area contributed by atoms with Crippen LogP contribution in [0.25, 0.3) is 11.8 Å². The predicted molar refractivity (Wildman–Crippen MR) is 123 cm³/mol. The molecule has 1 aliphatic rings. The molecule has 1 amide bonds. The van der Waals surface area contributed by atoms with E-state index in [9.17, 15) is 9.18 Å². The van der Waals surface area contributed by atoms with Crippen LogP contribution in [0.1, 0.15) is 49.0 Å². The fourth-order valence-electron chi connectivity index (χ4n) is 4.34. The van der Waals surface area contributed by atoms with Gasteiger partial charge in [-0.3, -0.25) is 4.79 Å². The van der Waals surface area contributed by atoms with Crippen molar-refractivity contribution in [1.82, 2.24) is 14.5 Å². The van der Waals surface area contributed by atoms with Gasteiger partial charge in [-0.25, -0.2) is 9.37 Å². The largest absolute Gasteiger partial charge is 0.495 e. The average Bonchev–Trinajstić information content (AvgIpc) is 3.23. The van der Waals surface area contributed by atoms with E-state index in [1.165, 1.54) is 12.1 Å². The zero-order valence-corrected chi connectivity index (χ0v) is 18.7. The van der Waals surface area contributed by atoms with Crippen molar-refractivity contribution in [3.05, 3.63) is 83.2 Å². The maximum Gasteiger partial charge on any atom is 0.250 e. The highest BCUT2D eigenvalue weighted by Gasteiger charge is 2.29. The number of aromatic nitrogens is 2. The number of nitrogens with zero attached hydrogens (tertiary/aromatic N) is 3. The summed E-state index contributed by atoms with van der Waals surface area (Å²) in [5.74, 6) is 0.493. The summed E-state index contributed by atoms with van der Waals surface area (Å²) < 4.78 is 20.9. The van der Waals surface area contributed by atoms with Gasteiger partial charge < -0.3 is 14.2 Å². The van der Waals surface area contributed by atoms with E-state index in [0.717, 1.165) is 53.1 Å². The van der Waals surface area contributed by atoms with Crippen LogP contribution in [0.5, 0.6) is 5.75 Å². The lowest BCUT2D eigenvalue weighted by molar-refractivity contribution is -0.131. The number of carbonyl (C=O) groups is 1. The van der Waals surface area contributed by atoms with Crippen molar-refractivity contribution in [3.8, 4) is 11.4 Å². The Balaban J connectivity index is 1.61. The van der Waals surface area contributed by atoms with Crippen molar-refractivity contribution in [1.29, 1.82) is 0 Å². The molecule has 166 valence electrons. The zero-order valence-electron chi connectivity index (χ0n) is 18.7. The lowest BCUT2D eigenvalue weighted by atomic mass is 9.95. The number of rotatable bonds is 6. The van der Waals surface area contributed by atoms with Crippen LogP contribution >= 0.6 is 0 Å². The van der Waals surface area contributed by atoms with Crippen LogP contribution in [0, 0.1) is 12.7 Å². The van der Waals surface area contributed by atoms with Gasteiger partial charge in [0, 0.05) is 18.3 Å². The monoisotopic (exact) mass is 433 g/mol. The Kier molecular flexibility index (Phi) is 6.40. The summed E-state index contributed by atoms with van der Waals surface area (Å²) in [5, 5.41) is 0. The van der Waals surface area contributed by atoms with E-state index in [0.29, 0.717) is 6.54 Å². The summed E-state index contributed by atoms with van der Waals surface area (Å²) in [6, 6.07) is 12.3. The maximum atomic E-state index is 13.4. The Morgan fingerprint density at radius 3 is 2.66 bits per heavy atom. The summed E-state index contributed by atoms with van der Waals surface area (Å²) in [5.41, 5.74) is 4.49. The van der Waals surface area contributed by atoms with E-state index in [1.807, 2.05) is 46.9 Å². The van der Waals surface area contributed by atoms with Crippen LogP contribution < -0.4 is 4.74 Å². The van der Waals surface area contributed by atoms with Crippen molar-refractivity contribution < 1.29 is 13.9 Å². The van der Waals surface area contributed by atoms with Gasteiger partial charge in [0.15, 0.2) is 0 Å². The van der Waals surface area contributed by atoms with E-state index in [4.69, 9.17) is 4.74 Å². The van der Waals surface area contributed by atoms with E-state index in [2.05, 4.69) is 11.9 Å². The third-order valence-electron chi connectivity index (χ3n) is 5.93. The van der Waals surface area contributed by atoms with Crippen LogP contribution in [-0.4, -0.2) is 34.0 Å². The number of hydrogen-bond acceptors (Lipinski definition) is 3. The fourth-order valence-corrected chi connectivity index (χ4v) is 4.34. The summed E-state index contributed by atoms with van der Waals surface area (Å²) in [4.78, 5) is 19.6. The first kappa shape index (κ1) is 21.8. The molecule has 3 aromatic rings. The van der Waals surface area contributed by atoms with Crippen LogP contribution in [0.4, 0.5) is 4.39 Å². The number of halogens is 1. The smallest absolute Gasteiger partial charge is 0.250 e. The molecule has 0 spiro atoms. The van der Waals surface area contributed by atoms with Gasteiger partial charge in [-0.1, -0.05) is 25.1 Å². The van der Waals surface area contributed by atoms with Crippen LogP contribution in [0.2, 0.25) is 0 Å². The van der Waals surface area contributed by atoms with E-state index >= 15 is 0 Å². The average molecular weight is 434 g/mol. The number of carbonyl (C=O) groups excluding carboxylic acids is 1. The first-order chi connectivity index (χ1) is 15.5. The molecule has 5 nitrogen and oxygen atoms in total. The molecule has 1 aliphatic heterocycles. The molecule has 6 heteroatoms. The number of methoxy groups -OCH3 is 1. The number of benzene rings is 2. The molecule has 32 heavy (non-hydrogen) atoms. The number of hydrogen-bond donors (Lipinski definition) is 0. The number of ether oxygens (including phenoxy) is 1. The van der Waals surface area contributed by atoms with Crippen LogP contribution in [0.15, 0.2) is 60.6 Å². The molecule has 1 aromatic heterocycles. The zero-order chi connectivity index (χ0) is 22.7. The minimum atomic E-state index is -0.266. The van der Waals surface area contributed by atoms with Crippen LogP contribution in [0.3, 0.4) is 0 Å². The summed E-state index contributed by atoms with van der Waals surface area (Å²) in [6.45, 7) is 4.70. The lowest BCUT2D eigenvalue weighted by Gasteiger charge is -2.35. The minimum Gasteiger partial charge on any atom is -0.495 e. The Labute approximate surface area is 188 Å². The third-order valence-corrected chi connectivity index (χ3v) is 5.93. The maximum absolute atomic E-state index is 13.4. The molecule has 0 aliphatic carbocycles. The number of imidazole rings is 1. The van der Waals surface area contributed by atoms with Crippen LogP contribution in [-0.2, 0) is 4.79 Å². The van der Waals surface area contributed by atoms with E-state index in [-0.39, 0.29) is 17.8 Å². The molecule has 1 fully saturated rings. The number of aryl methyl sites for hydroxylation is 1. The molecular formula is C26H28FN3O2. The van der Waals surface area contributed by atoms with Crippen molar-refractivity contribution in [2.45, 2.75) is 39.2 Å². The molecule has 2 aromatic carbocycles. The minimum absolute atomic E-state index is 0.0423. The van der Waals surface area contributed by atoms with Gasteiger partial charge in [-0.2, -0.15) is 0 Å². The quantitative estimate of drug-likeness (QED) is 0.483. The summed E-state index contributed by atoms with van der Waals surface area (Å²) >= 11 is 0. The Morgan fingerprint density at radius 2 is 2.00 bits per heavy atom. The normalized spacial score (nSPS) is 16.4. The van der Waals surface area contributed by atoms with E-state index < -0.39 is 0 Å². The van der Waals surface area contributed by atoms with Gasteiger partial charge >= 0.3 is 0 Å². The highest BCUT2D eigenvalue weighted by Crippen LogP contribution is 2.32. The van der Waals surface area contributed by atoms with Crippen molar-refractivity contribution in [2.75, 3.05) is 13.7 Å². The van der Waals surface area contributed by atoms with Gasteiger partial charge in [-0.05, 0) is 67.7 Å².